The van der Waals surface area contributed by atoms with Crippen molar-refractivity contribution in [2.24, 2.45) is 5.10 Å². The van der Waals surface area contributed by atoms with E-state index in [1.807, 2.05) is 42.5 Å². The molecule has 2 aromatic heterocycles. The van der Waals surface area contributed by atoms with E-state index in [1.54, 1.807) is 23.3 Å². The molecule has 0 radical (unpaired) electrons. The normalized spacial score (nSPS) is 11.1. The van der Waals surface area contributed by atoms with Crippen LogP contribution < -0.4 is 0 Å². The van der Waals surface area contributed by atoms with Gasteiger partial charge in [-0.05, 0) is 41.0 Å². The highest BCUT2D eigenvalue weighted by molar-refractivity contribution is 7.71. The molecule has 0 saturated heterocycles. The Morgan fingerprint density at radius 3 is 2.27 bits per heavy atom. The van der Waals surface area contributed by atoms with Crippen LogP contribution in [0.5, 0.6) is 0 Å². The van der Waals surface area contributed by atoms with Crippen LogP contribution in [0.2, 0.25) is 0 Å². The van der Waals surface area contributed by atoms with Crippen molar-refractivity contribution in [3.05, 3.63) is 89.5 Å². The molecule has 2 aromatic carbocycles. The molecule has 0 bridgehead atoms. The Morgan fingerprint density at radius 2 is 1.54 bits per heavy atom. The van der Waals surface area contributed by atoms with E-state index in [9.17, 15) is 0 Å². The van der Waals surface area contributed by atoms with E-state index in [4.69, 9.17) is 12.2 Å². The lowest BCUT2D eigenvalue weighted by atomic mass is 10.0. The van der Waals surface area contributed by atoms with Crippen molar-refractivity contribution in [2.45, 2.75) is 0 Å². The quantitative estimate of drug-likeness (QED) is 0.430. The summed E-state index contributed by atoms with van der Waals surface area (Å²) >= 11 is 5.29. The van der Waals surface area contributed by atoms with Crippen LogP contribution in [-0.4, -0.2) is 26.1 Å². The van der Waals surface area contributed by atoms with Crippen LogP contribution in [0.1, 0.15) is 5.56 Å². The first-order valence-corrected chi connectivity index (χ1v) is 8.50. The molecule has 5 nitrogen and oxygen atoms in total. The lowest BCUT2D eigenvalue weighted by Crippen LogP contribution is -1.95. The van der Waals surface area contributed by atoms with E-state index in [0.717, 1.165) is 11.1 Å². The molecule has 0 aliphatic carbocycles. The molecule has 0 spiro atoms. The van der Waals surface area contributed by atoms with Crippen LogP contribution in [0.4, 0.5) is 0 Å². The number of aromatic nitrogens is 4. The molecule has 0 saturated carbocycles. The summed E-state index contributed by atoms with van der Waals surface area (Å²) in [5.41, 5.74) is 4.23. The van der Waals surface area contributed by atoms with E-state index in [1.165, 1.54) is 11.1 Å². The SMILES string of the molecule is S=c1[nH]nc(-c2ccncc2)n1N=Cc1ccc(-c2ccccc2)cc1. The number of nitrogens with one attached hydrogen (secondary N) is 1. The average molecular weight is 357 g/mol. The first-order valence-electron chi connectivity index (χ1n) is 8.09. The van der Waals surface area contributed by atoms with E-state index in [0.29, 0.717) is 10.6 Å². The summed E-state index contributed by atoms with van der Waals surface area (Å²) in [7, 11) is 0. The van der Waals surface area contributed by atoms with Crippen LogP contribution >= 0.6 is 12.2 Å². The number of pyridine rings is 1. The zero-order valence-electron chi connectivity index (χ0n) is 13.8. The smallest absolute Gasteiger partial charge is 0.216 e. The van der Waals surface area contributed by atoms with Gasteiger partial charge in [-0.2, -0.15) is 14.9 Å². The fourth-order valence-electron chi connectivity index (χ4n) is 2.60. The first kappa shape index (κ1) is 16.1. The molecule has 0 unspecified atom stereocenters. The molecule has 0 amide bonds. The maximum Gasteiger partial charge on any atom is 0.216 e. The minimum Gasteiger partial charge on any atom is -0.265 e. The number of H-pyrrole nitrogens is 1. The number of aromatic amines is 1. The highest BCUT2D eigenvalue weighted by Gasteiger charge is 2.07. The highest BCUT2D eigenvalue weighted by atomic mass is 32.1. The monoisotopic (exact) mass is 357 g/mol. The first-order chi connectivity index (χ1) is 12.8. The van der Waals surface area contributed by atoms with Crippen LogP contribution in [0.3, 0.4) is 0 Å². The average Bonchev–Trinajstić information content (AvgIpc) is 3.08. The molecule has 4 rings (SSSR count). The fourth-order valence-corrected chi connectivity index (χ4v) is 2.78. The molecule has 4 aromatic rings. The van der Waals surface area contributed by atoms with Gasteiger partial charge in [0.2, 0.25) is 4.77 Å². The lowest BCUT2D eigenvalue weighted by Gasteiger charge is -2.02. The predicted octanol–water partition coefficient (Wildman–Crippen LogP) is 4.55. The van der Waals surface area contributed by atoms with Gasteiger partial charge in [0.25, 0.3) is 0 Å². The zero-order chi connectivity index (χ0) is 17.8. The Balaban J connectivity index is 1.61. The topological polar surface area (TPSA) is 58.9 Å². The van der Waals surface area contributed by atoms with Gasteiger partial charge in [-0.1, -0.05) is 54.6 Å². The van der Waals surface area contributed by atoms with Gasteiger partial charge in [-0.25, -0.2) is 5.10 Å². The molecule has 0 aliphatic rings. The molecular formula is C20H15N5S. The van der Waals surface area contributed by atoms with Gasteiger partial charge in [-0.15, -0.1) is 0 Å². The van der Waals surface area contributed by atoms with E-state index in [2.05, 4.69) is 44.5 Å². The zero-order valence-corrected chi connectivity index (χ0v) is 14.6. The molecule has 0 aliphatic heterocycles. The van der Waals surface area contributed by atoms with Gasteiger partial charge >= 0.3 is 0 Å². The summed E-state index contributed by atoms with van der Waals surface area (Å²) in [5, 5.41) is 11.5. The summed E-state index contributed by atoms with van der Waals surface area (Å²) in [4.78, 5) is 4.02. The molecule has 26 heavy (non-hydrogen) atoms. The van der Waals surface area contributed by atoms with Crippen LogP contribution in [0.15, 0.2) is 84.2 Å². The Labute approximate surface area is 155 Å². The van der Waals surface area contributed by atoms with Crippen molar-refractivity contribution in [3.8, 4) is 22.5 Å². The Hall–Kier alpha value is -3.38. The molecule has 6 heteroatoms. The van der Waals surface area contributed by atoms with Gasteiger partial charge in [0.1, 0.15) is 0 Å². The van der Waals surface area contributed by atoms with Gasteiger partial charge in [0.05, 0.1) is 6.21 Å². The predicted molar refractivity (Wildman–Crippen MR) is 106 cm³/mol. The third-order valence-corrected chi connectivity index (χ3v) is 4.19. The number of benzene rings is 2. The van der Waals surface area contributed by atoms with Crippen molar-refractivity contribution in [3.63, 3.8) is 0 Å². The summed E-state index contributed by atoms with van der Waals surface area (Å²) < 4.78 is 2.05. The molecule has 1 N–H and O–H groups in total. The standard InChI is InChI=1S/C20H15N5S/c26-20-24-23-19(18-10-12-21-13-11-18)25(20)22-14-15-6-8-17(9-7-15)16-4-2-1-3-5-16/h1-14H,(H,24,26). The summed E-state index contributed by atoms with van der Waals surface area (Å²) in [6.45, 7) is 0. The summed E-state index contributed by atoms with van der Waals surface area (Å²) in [6.07, 6.45) is 5.19. The Bertz CT molecular complexity index is 1080. The number of hydrogen-bond acceptors (Lipinski definition) is 4. The van der Waals surface area contributed by atoms with E-state index >= 15 is 0 Å². The second-order valence-corrected chi connectivity index (χ2v) is 6.02. The molecule has 2 heterocycles. The van der Waals surface area contributed by atoms with Crippen LogP contribution in [0, 0.1) is 4.77 Å². The molecule has 0 fully saturated rings. The number of nitrogens with zero attached hydrogens (tertiary/aromatic N) is 4. The Kier molecular flexibility index (Phi) is 4.49. The van der Waals surface area contributed by atoms with Crippen LogP contribution in [0.25, 0.3) is 22.5 Å². The van der Waals surface area contributed by atoms with Crippen molar-refractivity contribution in [1.82, 2.24) is 19.9 Å². The maximum absolute atomic E-state index is 5.29. The van der Waals surface area contributed by atoms with Crippen molar-refractivity contribution < 1.29 is 0 Å². The van der Waals surface area contributed by atoms with Gasteiger partial charge in [0, 0.05) is 18.0 Å². The number of hydrogen-bond donors (Lipinski definition) is 1. The highest BCUT2D eigenvalue weighted by Crippen LogP contribution is 2.19. The number of rotatable bonds is 4. The molecular weight excluding hydrogens is 342 g/mol. The largest absolute Gasteiger partial charge is 0.265 e. The van der Waals surface area contributed by atoms with E-state index < -0.39 is 0 Å². The Morgan fingerprint density at radius 1 is 0.846 bits per heavy atom. The lowest BCUT2D eigenvalue weighted by molar-refractivity contribution is 0.871. The third kappa shape index (κ3) is 3.36. The van der Waals surface area contributed by atoms with Gasteiger partial charge in [0.15, 0.2) is 5.82 Å². The van der Waals surface area contributed by atoms with Gasteiger partial charge in [-0.3, -0.25) is 4.98 Å². The minimum absolute atomic E-state index is 0.439. The third-order valence-electron chi connectivity index (χ3n) is 3.93. The van der Waals surface area contributed by atoms with Crippen molar-refractivity contribution in [1.29, 1.82) is 0 Å². The van der Waals surface area contributed by atoms with E-state index in [-0.39, 0.29) is 0 Å². The van der Waals surface area contributed by atoms with Crippen molar-refractivity contribution >= 4 is 18.4 Å². The van der Waals surface area contributed by atoms with Gasteiger partial charge < -0.3 is 0 Å². The summed E-state index contributed by atoms with van der Waals surface area (Å²) in [5.74, 6) is 0.648. The summed E-state index contributed by atoms with van der Waals surface area (Å²) in [6, 6.07) is 22.2. The minimum atomic E-state index is 0.439. The fraction of sp³-hybridized carbons (Fsp3) is 0. The van der Waals surface area contributed by atoms with Crippen molar-refractivity contribution in [2.75, 3.05) is 0 Å². The second-order valence-electron chi connectivity index (χ2n) is 5.63. The maximum atomic E-state index is 5.29. The molecule has 126 valence electrons. The van der Waals surface area contributed by atoms with Crippen LogP contribution in [-0.2, 0) is 0 Å². The second kappa shape index (κ2) is 7.25. The molecule has 0 atom stereocenters.